The van der Waals surface area contributed by atoms with Crippen molar-refractivity contribution in [1.82, 2.24) is 0 Å². The number of hydrogen-bond acceptors (Lipinski definition) is 2. The Hall–Kier alpha value is -0.630. The van der Waals surface area contributed by atoms with Crippen LogP contribution in [-0.4, -0.2) is 18.0 Å². The zero-order valence-electron chi connectivity index (χ0n) is 12.4. The first-order valence-corrected chi connectivity index (χ1v) is 6.53. The van der Waals surface area contributed by atoms with Crippen LogP contribution >= 0.6 is 0 Å². The standard InChI is InChI=1S/C15H28O2/c1-8-14(5,6)10-11-17-15(7,9-2)13(16)12(3)4/h3,8-11H2,1-2,4-7H3. The number of rotatable bonds is 8. The summed E-state index contributed by atoms with van der Waals surface area (Å²) in [7, 11) is 0. The Balaban J connectivity index is 4.42. The van der Waals surface area contributed by atoms with Gasteiger partial charge in [-0.3, -0.25) is 4.79 Å². The molecule has 0 rings (SSSR count). The maximum atomic E-state index is 12.0. The molecule has 1 unspecified atom stereocenters. The van der Waals surface area contributed by atoms with Crippen molar-refractivity contribution in [2.45, 2.75) is 66.4 Å². The van der Waals surface area contributed by atoms with Crippen molar-refractivity contribution in [2.24, 2.45) is 5.41 Å². The summed E-state index contributed by atoms with van der Waals surface area (Å²) in [6.45, 7) is 16.6. The van der Waals surface area contributed by atoms with Gasteiger partial charge in [0.15, 0.2) is 5.78 Å². The molecular formula is C15H28O2. The van der Waals surface area contributed by atoms with Gasteiger partial charge >= 0.3 is 0 Å². The smallest absolute Gasteiger partial charge is 0.189 e. The lowest BCUT2D eigenvalue weighted by atomic mass is 9.86. The van der Waals surface area contributed by atoms with E-state index >= 15 is 0 Å². The zero-order valence-corrected chi connectivity index (χ0v) is 12.4. The Kier molecular flexibility index (Phi) is 6.11. The maximum Gasteiger partial charge on any atom is 0.189 e. The molecule has 0 radical (unpaired) electrons. The highest BCUT2D eigenvalue weighted by Gasteiger charge is 2.32. The molecule has 0 amide bonds. The van der Waals surface area contributed by atoms with Crippen molar-refractivity contribution in [2.75, 3.05) is 6.61 Å². The van der Waals surface area contributed by atoms with Gasteiger partial charge in [-0.05, 0) is 37.7 Å². The van der Waals surface area contributed by atoms with E-state index in [0.29, 0.717) is 18.6 Å². The van der Waals surface area contributed by atoms with Gasteiger partial charge < -0.3 is 4.74 Å². The van der Waals surface area contributed by atoms with E-state index in [0.717, 1.165) is 12.8 Å². The molecule has 17 heavy (non-hydrogen) atoms. The normalized spacial score (nSPS) is 15.4. The second kappa shape index (κ2) is 6.34. The minimum absolute atomic E-state index is 0.0225. The predicted molar refractivity (Wildman–Crippen MR) is 73.2 cm³/mol. The molecule has 0 spiro atoms. The summed E-state index contributed by atoms with van der Waals surface area (Å²) in [6.07, 6.45) is 2.78. The van der Waals surface area contributed by atoms with Gasteiger partial charge in [0, 0.05) is 6.61 Å². The summed E-state index contributed by atoms with van der Waals surface area (Å²) < 4.78 is 5.83. The molecule has 0 heterocycles. The summed E-state index contributed by atoms with van der Waals surface area (Å²) in [5, 5.41) is 0. The van der Waals surface area contributed by atoms with Crippen molar-refractivity contribution < 1.29 is 9.53 Å². The SMILES string of the molecule is C=C(C)C(=O)C(C)(CC)OCCC(C)(C)CC. The molecule has 1 atom stereocenters. The molecule has 0 bridgehead atoms. The quantitative estimate of drug-likeness (QED) is 0.596. The van der Waals surface area contributed by atoms with Crippen LogP contribution in [0.5, 0.6) is 0 Å². The lowest BCUT2D eigenvalue weighted by molar-refractivity contribution is -0.139. The largest absolute Gasteiger partial charge is 0.367 e. The van der Waals surface area contributed by atoms with Crippen molar-refractivity contribution in [3.05, 3.63) is 12.2 Å². The first-order chi connectivity index (χ1) is 7.68. The Bertz CT molecular complexity index is 279. The Morgan fingerprint density at radius 1 is 1.18 bits per heavy atom. The van der Waals surface area contributed by atoms with Crippen LogP contribution < -0.4 is 0 Å². The Morgan fingerprint density at radius 2 is 1.71 bits per heavy atom. The average Bonchev–Trinajstić information content (AvgIpc) is 2.27. The number of ether oxygens (including phenoxy) is 1. The van der Waals surface area contributed by atoms with Crippen LogP contribution in [0.4, 0.5) is 0 Å². The Morgan fingerprint density at radius 3 is 2.06 bits per heavy atom. The summed E-state index contributed by atoms with van der Waals surface area (Å²) in [4.78, 5) is 12.0. The number of carbonyl (C=O) groups excluding carboxylic acids is 1. The van der Waals surface area contributed by atoms with E-state index < -0.39 is 5.60 Å². The van der Waals surface area contributed by atoms with Crippen LogP contribution in [0.25, 0.3) is 0 Å². The lowest BCUT2D eigenvalue weighted by Gasteiger charge is -2.30. The molecule has 0 aliphatic rings. The highest BCUT2D eigenvalue weighted by Crippen LogP contribution is 2.27. The molecular weight excluding hydrogens is 212 g/mol. The Labute approximate surface area is 106 Å². The van der Waals surface area contributed by atoms with E-state index in [1.165, 1.54) is 0 Å². The van der Waals surface area contributed by atoms with Crippen LogP contribution in [-0.2, 0) is 9.53 Å². The highest BCUT2D eigenvalue weighted by atomic mass is 16.5. The van der Waals surface area contributed by atoms with Crippen molar-refractivity contribution >= 4 is 5.78 Å². The van der Waals surface area contributed by atoms with E-state index in [2.05, 4.69) is 27.4 Å². The van der Waals surface area contributed by atoms with Gasteiger partial charge in [-0.25, -0.2) is 0 Å². The molecule has 0 aromatic heterocycles. The summed E-state index contributed by atoms with van der Waals surface area (Å²) in [5.74, 6) is 0.0225. The van der Waals surface area contributed by atoms with Crippen LogP contribution in [0.2, 0.25) is 0 Å². The van der Waals surface area contributed by atoms with E-state index in [4.69, 9.17) is 4.74 Å². The van der Waals surface area contributed by atoms with Gasteiger partial charge in [0.05, 0.1) is 0 Å². The zero-order chi connectivity index (χ0) is 13.7. The van der Waals surface area contributed by atoms with Gasteiger partial charge in [-0.15, -0.1) is 0 Å². The third-order valence-corrected chi connectivity index (χ3v) is 3.70. The van der Waals surface area contributed by atoms with Gasteiger partial charge in [0.2, 0.25) is 0 Å². The molecule has 2 heteroatoms. The molecule has 0 aliphatic heterocycles. The first-order valence-electron chi connectivity index (χ1n) is 6.53. The fraction of sp³-hybridized carbons (Fsp3) is 0.800. The molecule has 100 valence electrons. The summed E-state index contributed by atoms with van der Waals surface area (Å²) in [6, 6.07) is 0. The van der Waals surface area contributed by atoms with E-state index in [-0.39, 0.29) is 11.2 Å². The third kappa shape index (κ3) is 5.03. The van der Waals surface area contributed by atoms with Crippen LogP contribution in [0.1, 0.15) is 60.8 Å². The number of Topliss-reactive ketones (excluding diaryl/α,β-unsaturated/α-hetero) is 1. The monoisotopic (exact) mass is 240 g/mol. The molecule has 0 saturated carbocycles. The second-order valence-electron chi connectivity index (χ2n) is 5.81. The third-order valence-electron chi connectivity index (χ3n) is 3.70. The molecule has 2 nitrogen and oxygen atoms in total. The van der Waals surface area contributed by atoms with Crippen molar-refractivity contribution in [1.29, 1.82) is 0 Å². The minimum atomic E-state index is -0.699. The summed E-state index contributed by atoms with van der Waals surface area (Å²) in [5.41, 5.74) is 0.153. The fourth-order valence-electron chi connectivity index (χ4n) is 1.51. The molecule has 0 saturated heterocycles. The second-order valence-corrected chi connectivity index (χ2v) is 5.81. The number of hydrogen-bond donors (Lipinski definition) is 0. The number of ketones is 1. The van der Waals surface area contributed by atoms with E-state index in [1.807, 2.05) is 13.8 Å². The highest BCUT2D eigenvalue weighted by molar-refractivity contribution is 6.00. The predicted octanol–water partition coefficient (Wildman–Crippen LogP) is 4.14. The molecule has 0 fully saturated rings. The lowest BCUT2D eigenvalue weighted by Crippen LogP contribution is -2.39. The number of carbonyl (C=O) groups is 1. The van der Waals surface area contributed by atoms with E-state index in [1.54, 1.807) is 6.92 Å². The minimum Gasteiger partial charge on any atom is -0.367 e. The van der Waals surface area contributed by atoms with Gasteiger partial charge in [0.25, 0.3) is 0 Å². The van der Waals surface area contributed by atoms with Crippen LogP contribution in [0, 0.1) is 5.41 Å². The van der Waals surface area contributed by atoms with E-state index in [9.17, 15) is 4.79 Å². The summed E-state index contributed by atoms with van der Waals surface area (Å²) >= 11 is 0. The van der Waals surface area contributed by atoms with Crippen LogP contribution in [0.3, 0.4) is 0 Å². The fourth-order valence-corrected chi connectivity index (χ4v) is 1.51. The molecule has 0 aromatic rings. The van der Waals surface area contributed by atoms with Gasteiger partial charge in [-0.1, -0.05) is 40.7 Å². The van der Waals surface area contributed by atoms with Crippen molar-refractivity contribution in [3.8, 4) is 0 Å². The maximum absolute atomic E-state index is 12.0. The van der Waals surface area contributed by atoms with Gasteiger partial charge in [-0.2, -0.15) is 0 Å². The molecule has 0 N–H and O–H groups in total. The first kappa shape index (κ1) is 16.4. The molecule has 0 aromatic carbocycles. The topological polar surface area (TPSA) is 26.3 Å². The average molecular weight is 240 g/mol. The molecule has 0 aliphatic carbocycles. The van der Waals surface area contributed by atoms with Crippen LogP contribution in [0.15, 0.2) is 12.2 Å². The van der Waals surface area contributed by atoms with Crippen molar-refractivity contribution in [3.63, 3.8) is 0 Å². The van der Waals surface area contributed by atoms with Gasteiger partial charge in [0.1, 0.15) is 5.60 Å².